The Hall–Kier alpha value is -8.16. The minimum Gasteiger partial charge on any atom is -0.494 e. The lowest BCUT2D eigenvalue weighted by atomic mass is 9.82. The monoisotopic (exact) mass is 1130 g/mol. The van der Waals surface area contributed by atoms with E-state index < -0.39 is 47.5 Å². The molecule has 19 heteroatoms. The van der Waals surface area contributed by atoms with Gasteiger partial charge in [0.1, 0.15) is 34.5 Å². The number of nitrogens with zero attached hydrogens (tertiary/aromatic N) is 3. The molecule has 0 amide bonds. The number of esters is 6. The van der Waals surface area contributed by atoms with Crippen molar-refractivity contribution >= 4 is 68.7 Å². The number of para-hydroxylation sites is 1. The molecule has 2 fully saturated rings. The van der Waals surface area contributed by atoms with E-state index in [0.717, 1.165) is 68.2 Å². The highest BCUT2D eigenvalue weighted by atomic mass is 32.1. The van der Waals surface area contributed by atoms with Gasteiger partial charge in [0, 0.05) is 17.7 Å². The third kappa shape index (κ3) is 20.5. The normalized spacial score (nSPS) is 16.6. The van der Waals surface area contributed by atoms with Crippen LogP contribution in [0.5, 0.6) is 34.5 Å². The van der Waals surface area contributed by atoms with Crippen LogP contribution in [0.25, 0.3) is 10.2 Å². The Bertz CT molecular complexity index is 2860. The number of hydrazone groups is 1. The fourth-order valence-corrected chi connectivity index (χ4v) is 9.82. The maximum Gasteiger partial charge on any atom is 0.330 e. The summed E-state index contributed by atoms with van der Waals surface area (Å²) in [5.41, 5.74) is 0.910. The lowest BCUT2D eigenvalue weighted by molar-refractivity contribution is -0.145. The van der Waals surface area contributed by atoms with Crippen LogP contribution in [0.3, 0.4) is 0 Å². The molecule has 2 aliphatic rings. The molecule has 0 saturated heterocycles. The lowest BCUT2D eigenvalue weighted by Gasteiger charge is -2.26. The van der Waals surface area contributed by atoms with Crippen molar-refractivity contribution in [3.05, 3.63) is 135 Å². The van der Waals surface area contributed by atoms with Crippen molar-refractivity contribution in [3.63, 3.8) is 0 Å². The molecule has 2 saturated carbocycles. The summed E-state index contributed by atoms with van der Waals surface area (Å²) < 4.78 is 45.6. The third-order valence-electron chi connectivity index (χ3n) is 13.5. The topological polar surface area (TPSA) is 225 Å². The third-order valence-corrected chi connectivity index (χ3v) is 14.5. The van der Waals surface area contributed by atoms with Crippen molar-refractivity contribution in [1.82, 2.24) is 4.98 Å². The molecule has 0 unspecified atom stereocenters. The number of unbranched alkanes of at least 4 members (excludes halogenated alkanes) is 6. The molecule has 0 radical (unpaired) electrons. The number of rotatable bonds is 29. The molecule has 1 aromatic heterocycles. The average Bonchev–Trinajstić information content (AvgIpc) is 4.01. The van der Waals surface area contributed by atoms with E-state index in [-0.39, 0.29) is 34.1 Å². The highest BCUT2D eigenvalue weighted by molar-refractivity contribution is 7.22. The number of ether oxygens (including phenoxy) is 8. The first-order chi connectivity index (χ1) is 39.4. The summed E-state index contributed by atoms with van der Waals surface area (Å²) in [4.78, 5) is 80.3. The van der Waals surface area contributed by atoms with Gasteiger partial charge in [-0.15, -0.1) is 18.3 Å². The molecule has 2 aliphatic carbocycles. The predicted molar refractivity (Wildman–Crippen MR) is 306 cm³/mol. The van der Waals surface area contributed by atoms with Crippen LogP contribution in [0.2, 0.25) is 0 Å². The second-order valence-electron chi connectivity index (χ2n) is 19.2. The molecule has 7 rings (SSSR count). The Labute approximate surface area is 476 Å². The first-order valence-corrected chi connectivity index (χ1v) is 28.2. The molecule has 81 heavy (non-hydrogen) atoms. The zero-order valence-corrected chi connectivity index (χ0v) is 46.4. The number of benzene rings is 4. The van der Waals surface area contributed by atoms with E-state index in [9.17, 15) is 34.0 Å². The average molecular weight is 1130 g/mol. The fourth-order valence-electron chi connectivity index (χ4n) is 8.98. The summed E-state index contributed by atoms with van der Waals surface area (Å²) in [5.74, 6) is -2.03. The van der Waals surface area contributed by atoms with Crippen LogP contribution in [0, 0.1) is 23.7 Å². The first-order valence-electron chi connectivity index (χ1n) is 27.4. The van der Waals surface area contributed by atoms with Crippen LogP contribution >= 0.6 is 11.3 Å². The Morgan fingerprint density at radius 1 is 0.531 bits per heavy atom. The maximum absolute atomic E-state index is 13.7. The predicted octanol–water partition coefficient (Wildman–Crippen LogP) is 12.3. The summed E-state index contributed by atoms with van der Waals surface area (Å²) in [6.07, 6.45) is 13.7. The van der Waals surface area contributed by atoms with Crippen molar-refractivity contribution in [2.24, 2.45) is 28.8 Å². The number of anilines is 1. The highest BCUT2D eigenvalue weighted by Crippen LogP contribution is 2.35. The van der Waals surface area contributed by atoms with E-state index in [0.29, 0.717) is 111 Å². The highest BCUT2D eigenvalue weighted by Gasteiger charge is 2.34. The van der Waals surface area contributed by atoms with Gasteiger partial charge in [-0.2, -0.15) is 5.10 Å². The van der Waals surface area contributed by atoms with Gasteiger partial charge in [0.15, 0.2) is 0 Å². The molecule has 0 aliphatic heterocycles. The van der Waals surface area contributed by atoms with E-state index in [1.807, 2.05) is 24.3 Å². The standard InChI is InChI=1S/C60H67N3O15S.C2H4/c1-3-54(64)73-37-13-7-5-11-35-71-46-25-29-48(30-26-46)75-56(66)41-17-19-43(20-18-41)58(68)77-50-33-34-52(45(39-50)40-61-63(70)60-62-51-15-9-10-16-53(51)79-60)78-59(69)44-23-21-42(22-24-44)57(67)76-49-31-27-47(28-32-49)72-36-12-6-8-14-38-74-55(65)4-2;1-2/h3-4,9-10,15-16,25-34,39-44,70H,1-2,5-8,11-14,17-24,35-38H2;1-2H2/b61-40+;. The smallest absolute Gasteiger partial charge is 0.330 e. The van der Waals surface area contributed by atoms with Gasteiger partial charge in [-0.3, -0.25) is 24.4 Å². The number of hydrogen-bond donors (Lipinski definition) is 1. The number of carbonyl (C=O) groups excluding carboxylic acids is 6. The van der Waals surface area contributed by atoms with Crippen LogP contribution in [0.1, 0.15) is 108 Å². The van der Waals surface area contributed by atoms with Crippen LogP contribution in [-0.2, 0) is 38.2 Å². The van der Waals surface area contributed by atoms with E-state index in [2.05, 4.69) is 36.4 Å². The van der Waals surface area contributed by atoms with Gasteiger partial charge >= 0.3 is 35.8 Å². The van der Waals surface area contributed by atoms with Crippen LogP contribution in [-0.4, -0.2) is 78.6 Å². The second-order valence-corrected chi connectivity index (χ2v) is 20.2. The zero-order valence-electron chi connectivity index (χ0n) is 45.6. The Morgan fingerprint density at radius 3 is 1.37 bits per heavy atom. The van der Waals surface area contributed by atoms with E-state index in [1.54, 1.807) is 48.5 Å². The molecule has 5 aromatic rings. The van der Waals surface area contributed by atoms with Crippen LogP contribution in [0.15, 0.2) is 135 Å². The summed E-state index contributed by atoms with van der Waals surface area (Å²) in [5, 5.41) is 15.9. The number of hydrogen-bond acceptors (Lipinski definition) is 19. The number of carbonyl (C=O) groups is 6. The van der Waals surface area contributed by atoms with Gasteiger partial charge in [-0.05, 0) is 182 Å². The molecule has 0 spiro atoms. The van der Waals surface area contributed by atoms with Crippen LogP contribution < -0.4 is 33.6 Å². The summed E-state index contributed by atoms with van der Waals surface area (Å²) in [6.45, 7) is 14.5. The minimum absolute atomic E-state index is 0.110. The Kier molecular flexibility index (Phi) is 25.6. The van der Waals surface area contributed by atoms with Gasteiger partial charge in [0.25, 0.3) is 0 Å². The van der Waals surface area contributed by atoms with E-state index in [4.69, 9.17) is 37.9 Å². The fraction of sp³-hybridized carbons (Fsp3) is 0.387. The number of thiazole rings is 1. The van der Waals surface area contributed by atoms with Crippen molar-refractivity contribution in [2.75, 3.05) is 31.6 Å². The van der Waals surface area contributed by atoms with Gasteiger partial charge in [0.2, 0.25) is 5.13 Å². The zero-order chi connectivity index (χ0) is 57.8. The number of aromatic nitrogens is 1. The van der Waals surface area contributed by atoms with Crippen molar-refractivity contribution in [3.8, 4) is 34.5 Å². The molecule has 18 nitrogen and oxygen atoms in total. The van der Waals surface area contributed by atoms with Crippen molar-refractivity contribution in [1.29, 1.82) is 0 Å². The summed E-state index contributed by atoms with van der Waals surface area (Å²) >= 11 is 1.22. The second kappa shape index (κ2) is 33.4. The van der Waals surface area contributed by atoms with Gasteiger partial charge in [-0.25, -0.2) is 14.6 Å². The van der Waals surface area contributed by atoms with E-state index in [1.165, 1.54) is 35.8 Å². The molecule has 0 bridgehead atoms. The quantitative estimate of drug-likeness (QED) is 0.00893. The minimum atomic E-state index is -0.510. The largest absolute Gasteiger partial charge is 0.494 e. The van der Waals surface area contributed by atoms with Crippen LogP contribution in [0.4, 0.5) is 5.13 Å². The maximum atomic E-state index is 13.7. The molecule has 1 heterocycles. The molecular weight excluding hydrogens is 1060 g/mol. The summed E-state index contributed by atoms with van der Waals surface area (Å²) in [6, 6.07) is 25.6. The van der Waals surface area contributed by atoms with E-state index >= 15 is 0 Å². The van der Waals surface area contributed by atoms with Crippen molar-refractivity contribution in [2.45, 2.75) is 103 Å². The summed E-state index contributed by atoms with van der Waals surface area (Å²) in [7, 11) is 0. The number of fused-ring (bicyclic) bond motifs is 1. The molecule has 1 N–H and O–H groups in total. The first kappa shape index (κ1) is 62.0. The van der Waals surface area contributed by atoms with Gasteiger partial charge in [-0.1, -0.05) is 36.6 Å². The molecule has 0 atom stereocenters. The lowest BCUT2D eigenvalue weighted by Crippen LogP contribution is -2.30. The molecule has 4 aromatic carbocycles. The molecule has 430 valence electrons. The van der Waals surface area contributed by atoms with Gasteiger partial charge in [0.05, 0.1) is 66.5 Å². The van der Waals surface area contributed by atoms with Gasteiger partial charge < -0.3 is 37.9 Å². The Morgan fingerprint density at radius 2 is 0.926 bits per heavy atom. The SMILES string of the molecule is C=C.C=CC(=O)OCCCCCCOc1ccc(OC(=O)C2CCC(C(=O)Oc3ccc(OC(=O)C4CCC(C(=O)Oc5ccc(OCCCCCCOC(=O)C=C)cc5)CC4)c(/C=N/N(O)c4nc5ccccc5s4)c3)CC2)cc1. The van der Waals surface area contributed by atoms with Crippen molar-refractivity contribution < 1.29 is 71.9 Å². The molecular formula is C62H71N3O15S. The Balaban J connectivity index is 0.00000522.